The fourth-order valence-electron chi connectivity index (χ4n) is 2.03. The number of H-pyrrole nitrogens is 1. The van der Waals surface area contributed by atoms with Gasteiger partial charge in [0.1, 0.15) is 5.69 Å². The van der Waals surface area contributed by atoms with E-state index < -0.39 is 5.91 Å². The quantitative estimate of drug-likeness (QED) is 0.800. The normalized spacial score (nSPS) is 20.6. The van der Waals surface area contributed by atoms with Gasteiger partial charge in [0.15, 0.2) is 5.13 Å². The fraction of sp³-hybridized carbons (Fsp3) is 0.308. The third kappa shape index (κ3) is 2.44. The van der Waals surface area contributed by atoms with Crippen molar-refractivity contribution in [2.75, 3.05) is 5.32 Å². The zero-order valence-corrected chi connectivity index (χ0v) is 11.7. The van der Waals surface area contributed by atoms with Gasteiger partial charge in [0, 0.05) is 23.1 Å². The summed E-state index contributed by atoms with van der Waals surface area (Å²) in [6, 6.07) is 1.64. The molecule has 7 heteroatoms. The summed E-state index contributed by atoms with van der Waals surface area (Å²) in [7, 11) is 0. The Labute approximate surface area is 119 Å². The molecule has 0 radical (unpaired) electrons. The number of nitrogens with one attached hydrogen (secondary N) is 2. The highest BCUT2D eigenvalue weighted by Crippen LogP contribution is 2.38. The Bertz CT molecular complexity index is 675. The monoisotopic (exact) mass is 290 g/mol. The maximum atomic E-state index is 11.8. The molecule has 1 fully saturated rings. The van der Waals surface area contributed by atoms with E-state index in [1.54, 1.807) is 12.3 Å². The molecule has 6 nitrogen and oxygen atoms in total. The van der Waals surface area contributed by atoms with Crippen LogP contribution in [-0.4, -0.2) is 21.8 Å². The zero-order chi connectivity index (χ0) is 14.3. The summed E-state index contributed by atoms with van der Waals surface area (Å²) in [6.07, 6.45) is 2.62. The molecular weight excluding hydrogens is 276 g/mol. The van der Waals surface area contributed by atoms with E-state index in [1.165, 1.54) is 11.3 Å². The number of nitrogens with zero attached hydrogens (tertiary/aromatic N) is 1. The number of aromatic nitrogens is 2. The first-order valence-corrected chi connectivity index (χ1v) is 7.17. The van der Waals surface area contributed by atoms with Crippen molar-refractivity contribution in [2.45, 2.75) is 13.3 Å². The summed E-state index contributed by atoms with van der Waals surface area (Å²) < 4.78 is 0. The topological polar surface area (TPSA) is 101 Å². The summed E-state index contributed by atoms with van der Waals surface area (Å²) >= 11 is 1.36. The molecule has 0 spiro atoms. The van der Waals surface area contributed by atoms with Gasteiger partial charge in [0.2, 0.25) is 5.91 Å². The first-order chi connectivity index (χ1) is 9.54. The van der Waals surface area contributed by atoms with Crippen LogP contribution in [0.25, 0.3) is 11.3 Å². The number of thiazole rings is 1. The minimum Gasteiger partial charge on any atom is -0.364 e. The Kier molecular flexibility index (Phi) is 3.06. The minimum atomic E-state index is -0.511. The van der Waals surface area contributed by atoms with Crippen molar-refractivity contribution < 1.29 is 9.59 Å². The zero-order valence-electron chi connectivity index (χ0n) is 10.8. The molecule has 0 saturated heterocycles. The van der Waals surface area contributed by atoms with Gasteiger partial charge in [-0.3, -0.25) is 9.59 Å². The van der Waals surface area contributed by atoms with Crippen LogP contribution < -0.4 is 11.1 Å². The predicted molar refractivity (Wildman–Crippen MR) is 76.3 cm³/mol. The van der Waals surface area contributed by atoms with E-state index in [9.17, 15) is 9.59 Å². The molecule has 2 aromatic rings. The van der Waals surface area contributed by atoms with Gasteiger partial charge in [-0.2, -0.15) is 0 Å². The maximum Gasteiger partial charge on any atom is 0.265 e. The molecule has 2 atom stereocenters. The predicted octanol–water partition coefficient (Wildman–Crippen LogP) is 1.83. The maximum absolute atomic E-state index is 11.8. The van der Waals surface area contributed by atoms with Gasteiger partial charge in [-0.15, -0.1) is 11.3 Å². The number of rotatable bonds is 4. The third-order valence-corrected chi connectivity index (χ3v) is 4.18. The second-order valence-electron chi connectivity index (χ2n) is 5.01. The van der Waals surface area contributed by atoms with E-state index in [1.807, 2.05) is 5.38 Å². The van der Waals surface area contributed by atoms with E-state index >= 15 is 0 Å². The van der Waals surface area contributed by atoms with E-state index in [0.29, 0.717) is 22.4 Å². The standard InChI is InChI=1S/C13H14N4O2S/c1-6-2-8(6)12(19)17-13-16-10(5-20-13)7-3-9(11(14)18)15-4-7/h3-6,8,15H,2H2,1H3,(H2,14,18)(H,16,17,19). The summed E-state index contributed by atoms with van der Waals surface area (Å²) in [5.41, 5.74) is 7.00. The highest BCUT2D eigenvalue weighted by molar-refractivity contribution is 7.14. The number of anilines is 1. The van der Waals surface area contributed by atoms with Gasteiger partial charge in [-0.05, 0) is 18.4 Å². The van der Waals surface area contributed by atoms with Crippen molar-refractivity contribution in [1.82, 2.24) is 9.97 Å². The van der Waals surface area contributed by atoms with Crippen LogP contribution in [0.2, 0.25) is 0 Å². The molecular formula is C13H14N4O2S. The number of hydrogen-bond acceptors (Lipinski definition) is 4. The van der Waals surface area contributed by atoms with Crippen molar-refractivity contribution >= 4 is 28.3 Å². The summed E-state index contributed by atoms with van der Waals surface area (Å²) in [6.45, 7) is 2.06. The molecule has 1 saturated carbocycles. The number of amides is 2. The van der Waals surface area contributed by atoms with Gasteiger partial charge < -0.3 is 16.0 Å². The minimum absolute atomic E-state index is 0.0327. The highest BCUT2D eigenvalue weighted by atomic mass is 32.1. The van der Waals surface area contributed by atoms with E-state index in [-0.39, 0.29) is 11.8 Å². The lowest BCUT2D eigenvalue weighted by Gasteiger charge is -1.98. The van der Waals surface area contributed by atoms with Crippen LogP contribution in [0.5, 0.6) is 0 Å². The molecule has 104 valence electrons. The molecule has 0 aromatic carbocycles. The largest absolute Gasteiger partial charge is 0.364 e. The second-order valence-corrected chi connectivity index (χ2v) is 5.87. The van der Waals surface area contributed by atoms with Crippen LogP contribution in [0.4, 0.5) is 5.13 Å². The first-order valence-electron chi connectivity index (χ1n) is 6.29. The Morgan fingerprint density at radius 1 is 1.55 bits per heavy atom. The molecule has 1 aliphatic carbocycles. The van der Waals surface area contributed by atoms with Crippen molar-refractivity contribution in [3.8, 4) is 11.3 Å². The molecule has 2 unspecified atom stereocenters. The number of hydrogen-bond donors (Lipinski definition) is 3. The molecule has 2 heterocycles. The molecule has 2 aromatic heterocycles. The summed E-state index contributed by atoms with van der Waals surface area (Å²) in [4.78, 5) is 30.0. The molecule has 0 bridgehead atoms. The Morgan fingerprint density at radius 3 is 2.90 bits per heavy atom. The molecule has 1 aliphatic rings. The average molecular weight is 290 g/mol. The number of carbonyl (C=O) groups is 2. The van der Waals surface area contributed by atoms with Gasteiger partial charge >= 0.3 is 0 Å². The van der Waals surface area contributed by atoms with Crippen molar-refractivity contribution in [3.05, 3.63) is 23.3 Å². The van der Waals surface area contributed by atoms with Gasteiger partial charge in [-0.1, -0.05) is 6.92 Å². The number of carbonyl (C=O) groups excluding carboxylic acids is 2. The van der Waals surface area contributed by atoms with Crippen LogP contribution in [0.15, 0.2) is 17.6 Å². The summed E-state index contributed by atoms with van der Waals surface area (Å²) in [5, 5.41) is 5.23. The number of aromatic amines is 1. The molecule has 2 amide bonds. The van der Waals surface area contributed by atoms with Crippen LogP contribution >= 0.6 is 11.3 Å². The highest BCUT2D eigenvalue weighted by Gasteiger charge is 2.39. The van der Waals surface area contributed by atoms with Crippen LogP contribution in [0, 0.1) is 11.8 Å². The SMILES string of the molecule is CC1CC1C(=O)Nc1nc(-c2c[nH]c(C(N)=O)c2)cs1. The number of nitrogens with two attached hydrogens (primary N) is 1. The van der Waals surface area contributed by atoms with Crippen molar-refractivity contribution in [1.29, 1.82) is 0 Å². The average Bonchev–Trinajstić information content (AvgIpc) is 2.85. The first kappa shape index (κ1) is 12.9. The molecule has 20 heavy (non-hydrogen) atoms. The van der Waals surface area contributed by atoms with E-state index in [0.717, 1.165) is 12.0 Å². The Morgan fingerprint density at radius 2 is 2.30 bits per heavy atom. The van der Waals surface area contributed by atoms with Crippen LogP contribution in [-0.2, 0) is 4.79 Å². The Hall–Kier alpha value is -2.15. The smallest absolute Gasteiger partial charge is 0.265 e. The lowest BCUT2D eigenvalue weighted by atomic mass is 10.2. The van der Waals surface area contributed by atoms with Crippen LogP contribution in [0.1, 0.15) is 23.8 Å². The van der Waals surface area contributed by atoms with Crippen molar-refractivity contribution in [2.24, 2.45) is 17.6 Å². The fourth-order valence-corrected chi connectivity index (χ4v) is 2.76. The lowest BCUT2D eigenvalue weighted by molar-refractivity contribution is -0.117. The van der Waals surface area contributed by atoms with Gasteiger partial charge in [0.05, 0.1) is 5.69 Å². The lowest BCUT2D eigenvalue weighted by Crippen LogP contribution is -2.14. The summed E-state index contributed by atoms with van der Waals surface area (Å²) in [5.74, 6) is 0.112. The molecule has 4 N–H and O–H groups in total. The molecule has 0 aliphatic heterocycles. The van der Waals surface area contributed by atoms with Gasteiger partial charge in [-0.25, -0.2) is 4.98 Å². The third-order valence-electron chi connectivity index (χ3n) is 3.42. The van der Waals surface area contributed by atoms with E-state index in [2.05, 4.69) is 22.2 Å². The van der Waals surface area contributed by atoms with Gasteiger partial charge in [0.25, 0.3) is 5.91 Å². The Balaban J connectivity index is 1.72. The van der Waals surface area contributed by atoms with Crippen LogP contribution in [0.3, 0.4) is 0 Å². The van der Waals surface area contributed by atoms with E-state index in [4.69, 9.17) is 5.73 Å². The number of primary amides is 1. The van der Waals surface area contributed by atoms with Crippen molar-refractivity contribution in [3.63, 3.8) is 0 Å². The second kappa shape index (κ2) is 4.75. The molecule has 3 rings (SSSR count).